The molecular formula is C14H18N2O. The van der Waals surface area contributed by atoms with E-state index in [-0.39, 0.29) is 6.03 Å². The Balaban J connectivity index is 1.79. The largest absolute Gasteiger partial charge is 0.323 e. The number of urea groups is 1. The Morgan fingerprint density at radius 3 is 2.65 bits per heavy atom. The fourth-order valence-electron chi connectivity index (χ4n) is 1.54. The van der Waals surface area contributed by atoms with Crippen LogP contribution in [-0.2, 0) is 6.42 Å². The Kier molecular flexibility index (Phi) is 3.81. The molecule has 0 atom stereocenters. The van der Waals surface area contributed by atoms with E-state index in [1.54, 1.807) is 6.20 Å². The molecule has 0 spiro atoms. The van der Waals surface area contributed by atoms with Crippen molar-refractivity contribution in [1.82, 2.24) is 5.32 Å². The van der Waals surface area contributed by atoms with E-state index in [4.69, 9.17) is 0 Å². The maximum atomic E-state index is 11.5. The summed E-state index contributed by atoms with van der Waals surface area (Å²) in [7, 11) is 0. The van der Waals surface area contributed by atoms with Crippen molar-refractivity contribution in [2.75, 3.05) is 5.32 Å². The molecule has 2 amide bonds. The molecule has 17 heavy (non-hydrogen) atoms. The average Bonchev–Trinajstić information content (AvgIpc) is 3.14. The van der Waals surface area contributed by atoms with Crippen LogP contribution in [-0.4, -0.2) is 6.03 Å². The lowest BCUT2D eigenvalue weighted by molar-refractivity contribution is 0.255. The van der Waals surface area contributed by atoms with E-state index >= 15 is 0 Å². The van der Waals surface area contributed by atoms with Crippen molar-refractivity contribution >= 4 is 11.7 Å². The van der Waals surface area contributed by atoms with Crippen LogP contribution in [0.25, 0.3) is 0 Å². The number of hydrogen-bond donors (Lipinski definition) is 2. The quantitative estimate of drug-likeness (QED) is 0.818. The number of allylic oxidation sites excluding steroid dienone is 1. The zero-order chi connectivity index (χ0) is 12.1. The van der Waals surface area contributed by atoms with Gasteiger partial charge in [0.05, 0.1) is 0 Å². The lowest BCUT2D eigenvalue weighted by atomic mass is 10.1. The first-order valence-electron chi connectivity index (χ1n) is 6.11. The second-order valence-corrected chi connectivity index (χ2v) is 4.35. The van der Waals surface area contributed by atoms with Gasteiger partial charge < -0.3 is 10.6 Å². The molecule has 3 nitrogen and oxygen atoms in total. The van der Waals surface area contributed by atoms with Gasteiger partial charge in [-0.2, -0.15) is 0 Å². The normalized spacial score (nSPS) is 14.9. The first-order valence-corrected chi connectivity index (χ1v) is 6.11. The van der Waals surface area contributed by atoms with Gasteiger partial charge >= 0.3 is 6.03 Å². The molecule has 0 aromatic heterocycles. The molecule has 1 aromatic carbocycles. The summed E-state index contributed by atoms with van der Waals surface area (Å²) in [6.45, 7) is 2.11. The smallest absolute Gasteiger partial charge is 0.315 e. The van der Waals surface area contributed by atoms with Crippen molar-refractivity contribution < 1.29 is 4.79 Å². The maximum Gasteiger partial charge on any atom is 0.323 e. The van der Waals surface area contributed by atoms with E-state index in [0.717, 1.165) is 12.1 Å². The van der Waals surface area contributed by atoms with Gasteiger partial charge in [-0.1, -0.05) is 25.1 Å². The third kappa shape index (κ3) is 3.94. The predicted molar refractivity (Wildman–Crippen MR) is 69.8 cm³/mol. The summed E-state index contributed by atoms with van der Waals surface area (Å²) in [6.07, 6.45) is 7.28. The van der Waals surface area contributed by atoms with Gasteiger partial charge in [-0.05, 0) is 42.9 Å². The number of carbonyl (C=O) groups is 1. The van der Waals surface area contributed by atoms with Crippen LogP contribution in [0.15, 0.2) is 36.5 Å². The Morgan fingerprint density at radius 1 is 1.35 bits per heavy atom. The summed E-state index contributed by atoms with van der Waals surface area (Å²) in [4.78, 5) is 11.5. The molecule has 0 unspecified atom stereocenters. The van der Waals surface area contributed by atoms with Gasteiger partial charge in [-0.3, -0.25) is 0 Å². The molecule has 1 aliphatic carbocycles. The highest BCUT2D eigenvalue weighted by atomic mass is 16.2. The standard InChI is InChI=1S/C14H18N2O/c1-2-11-5-7-13(8-6-11)16-14(17)15-10-9-12-3-4-12/h5-10,12H,2-4H2,1H3,(H2,15,16,17)/b10-9+. The molecule has 1 aliphatic rings. The van der Waals surface area contributed by atoms with Crippen molar-refractivity contribution in [2.24, 2.45) is 5.92 Å². The zero-order valence-electron chi connectivity index (χ0n) is 10.1. The van der Waals surface area contributed by atoms with Crippen molar-refractivity contribution in [3.05, 3.63) is 42.1 Å². The van der Waals surface area contributed by atoms with Crippen molar-refractivity contribution in [3.8, 4) is 0 Å². The Morgan fingerprint density at radius 2 is 2.06 bits per heavy atom. The van der Waals surface area contributed by atoms with Crippen LogP contribution in [0.1, 0.15) is 25.3 Å². The van der Waals surface area contributed by atoms with Gasteiger partial charge in [0.2, 0.25) is 0 Å². The number of amides is 2. The summed E-state index contributed by atoms with van der Waals surface area (Å²) >= 11 is 0. The number of anilines is 1. The number of benzene rings is 1. The molecular weight excluding hydrogens is 212 g/mol. The van der Waals surface area contributed by atoms with Crippen molar-refractivity contribution in [3.63, 3.8) is 0 Å². The minimum atomic E-state index is -0.189. The molecule has 0 aliphatic heterocycles. The van der Waals surface area contributed by atoms with Gasteiger partial charge in [-0.25, -0.2) is 4.79 Å². The summed E-state index contributed by atoms with van der Waals surface area (Å²) in [5.74, 6) is 0.680. The number of hydrogen-bond acceptors (Lipinski definition) is 1. The first kappa shape index (κ1) is 11.7. The number of aryl methyl sites for hydroxylation is 1. The molecule has 90 valence electrons. The SMILES string of the molecule is CCc1ccc(NC(=O)N/C=C/C2CC2)cc1. The zero-order valence-corrected chi connectivity index (χ0v) is 10.1. The molecule has 2 N–H and O–H groups in total. The Bertz CT molecular complexity index is 405. The van der Waals surface area contributed by atoms with Gasteiger partial charge in [0, 0.05) is 11.9 Å². The second-order valence-electron chi connectivity index (χ2n) is 4.35. The highest BCUT2D eigenvalue weighted by Gasteiger charge is 2.16. The van der Waals surface area contributed by atoms with E-state index in [9.17, 15) is 4.79 Å². The second kappa shape index (κ2) is 5.53. The summed E-state index contributed by atoms with van der Waals surface area (Å²) in [5, 5.41) is 5.49. The molecule has 0 radical (unpaired) electrons. The molecule has 1 aromatic rings. The summed E-state index contributed by atoms with van der Waals surface area (Å²) in [6, 6.07) is 7.70. The first-order chi connectivity index (χ1) is 8.28. The Hall–Kier alpha value is -1.77. The highest BCUT2D eigenvalue weighted by Crippen LogP contribution is 2.29. The van der Waals surface area contributed by atoms with E-state index < -0.39 is 0 Å². The van der Waals surface area contributed by atoms with Gasteiger partial charge in [0.15, 0.2) is 0 Å². The minimum Gasteiger partial charge on any atom is -0.315 e. The number of nitrogens with one attached hydrogen (secondary N) is 2. The van der Waals surface area contributed by atoms with Crippen LogP contribution in [0.5, 0.6) is 0 Å². The lowest BCUT2D eigenvalue weighted by Crippen LogP contribution is -2.23. The van der Waals surface area contributed by atoms with Crippen LogP contribution in [0, 0.1) is 5.92 Å². The highest BCUT2D eigenvalue weighted by molar-refractivity contribution is 5.89. The van der Waals surface area contributed by atoms with Gasteiger partial charge in [0.1, 0.15) is 0 Å². The van der Waals surface area contributed by atoms with E-state index in [2.05, 4.69) is 17.6 Å². The summed E-state index contributed by atoms with van der Waals surface area (Å²) in [5.41, 5.74) is 2.09. The molecule has 1 fully saturated rings. The fourth-order valence-corrected chi connectivity index (χ4v) is 1.54. The van der Waals surface area contributed by atoms with E-state index in [1.165, 1.54) is 18.4 Å². The number of carbonyl (C=O) groups excluding carboxylic acids is 1. The monoisotopic (exact) mass is 230 g/mol. The fraction of sp³-hybridized carbons (Fsp3) is 0.357. The molecule has 0 heterocycles. The van der Waals surface area contributed by atoms with Crippen LogP contribution in [0.4, 0.5) is 10.5 Å². The van der Waals surface area contributed by atoms with E-state index in [0.29, 0.717) is 5.92 Å². The van der Waals surface area contributed by atoms with Gasteiger partial charge in [0.25, 0.3) is 0 Å². The maximum absolute atomic E-state index is 11.5. The molecule has 1 saturated carbocycles. The topological polar surface area (TPSA) is 41.1 Å². The molecule has 0 bridgehead atoms. The van der Waals surface area contributed by atoms with Gasteiger partial charge in [-0.15, -0.1) is 0 Å². The van der Waals surface area contributed by atoms with Crippen LogP contribution in [0.2, 0.25) is 0 Å². The third-order valence-electron chi connectivity index (χ3n) is 2.82. The van der Waals surface area contributed by atoms with Crippen LogP contribution >= 0.6 is 0 Å². The lowest BCUT2D eigenvalue weighted by Gasteiger charge is -2.05. The average molecular weight is 230 g/mol. The number of rotatable bonds is 4. The third-order valence-corrected chi connectivity index (χ3v) is 2.82. The molecule has 0 saturated heterocycles. The van der Waals surface area contributed by atoms with E-state index in [1.807, 2.05) is 30.3 Å². The molecule has 3 heteroatoms. The summed E-state index contributed by atoms with van der Waals surface area (Å²) < 4.78 is 0. The van der Waals surface area contributed by atoms with Crippen LogP contribution < -0.4 is 10.6 Å². The Labute approximate surface area is 102 Å². The van der Waals surface area contributed by atoms with Crippen molar-refractivity contribution in [2.45, 2.75) is 26.2 Å². The predicted octanol–water partition coefficient (Wildman–Crippen LogP) is 3.29. The minimum absolute atomic E-state index is 0.189. The molecule has 2 rings (SSSR count). The van der Waals surface area contributed by atoms with Crippen LogP contribution in [0.3, 0.4) is 0 Å². The van der Waals surface area contributed by atoms with Crippen molar-refractivity contribution in [1.29, 1.82) is 0 Å².